The first-order chi connectivity index (χ1) is 13.6. The van der Waals surface area contributed by atoms with Crippen molar-refractivity contribution < 1.29 is 18.0 Å². The summed E-state index contributed by atoms with van der Waals surface area (Å²) in [5, 5.41) is 8.10. The maximum atomic E-state index is 12.8. The van der Waals surface area contributed by atoms with E-state index < -0.39 is 11.7 Å². The third-order valence-corrected chi connectivity index (χ3v) is 5.08. The molecule has 0 unspecified atom stereocenters. The van der Waals surface area contributed by atoms with Crippen LogP contribution in [0, 0.1) is 20.8 Å². The second-order valence-electron chi connectivity index (χ2n) is 7.18. The van der Waals surface area contributed by atoms with Gasteiger partial charge in [0.1, 0.15) is 0 Å². The van der Waals surface area contributed by atoms with E-state index in [1.165, 1.54) is 6.07 Å². The Labute approximate surface area is 166 Å². The lowest BCUT2D eigenvalue weighted by atomic mass is 9.99. The lowest BCUT2D eigenvalue weighted by Gasteiger charge is -2.12. The Kier molecular flexibility index (Phi) is 5.64. The number of alkyl halides is 3. The second-order valence-corrected chi connectivity index (χ2v) is 7.18. The molecule has 0 aliphatic carbocycles. The predicted octanol–water partition coefficient (Wildman–Crippen LogP) is 4.16. The molecule has 8 heteroatoms. The molecule has 0 saturated carbocycles. The molecule has 0 bridgehead atoms. The molecule has 0 aliphatic rings. The normalized spacial score (nSPS) is 11.8. The van der Waals surface area contributed by atoms with Crippen LogP contribution in [0.4, 0.5) is 13.2 Å². The Morgan fingerprint density at radius 1 is 1.17 bits per heavy atom. The summed E-state index contributed by atoms with van der Waals surface area (Å²) in [7, 11) is 1.85. The van der Waals surface area contributed by atoms with Gasteiger partial charge in [-0.05, 0) is 56.0 Å². The minimum absolute atomic E-state index is 0.0553. The van der Waals surface area contributed by atoms with E-state index >= 15 is 0 Å². The SMILES string of the molecule is Cc1nc2c(c(C)nn2C)c(C)c1CCC(=O)NCc1cccc(C(F)(F)F)c1. The molecule has 3 aromatic rings. The van der Waals surface area contributed by atoms with E-state index in [1.54, 1.807) is 10.7 Å². The Morgan fingerprint density at radius 2 is 1.90 bits per heavy atom. The van der Waals surface area contributed by atoms with Gasteiger partial charge in [0.2, 0.25) is 5.91 Å². The van der Waals surface area contributed by atoms with E-state index in [0.29, 0.717) is 12.0 Å². The van der Waals surface area contributed by atoms with Crippen LogP contribution in [0.1, 0.15) is 40.1 Å². The van der Waals surface area contributed by atoms with Gasteiger partial charge in [0.15, 0.2) is 5.65 Å². The maximum absolute atomic E-state index is 12.8. The summed E-state index contributed by atoms with van der Waals surface area (Å²) in [5.74, 6) is -0.218. The molecular formula is C21H23F3N4O. The van der Waals surface area contributed by atoms with Crippen LogP contribution >= 0.6 is 0 Å². The smallest absolute Gasteiger partial charge is 0.352 e. The van der Waals surface area contributed by atoms with Gasteiger partial charge in [-0.15, -0.1) is 0 Å². The van der Waals surface area contributed by atoms with Crippen molar-refractivity contribution in [3.8, 4) is 0 Å². The highest BCUT2D eigenvalue weighted by atomic mass is 19.4. The zero-order valence-corrected chi connectivity index (χ0v) is 16.8. The van der Waals surface area contributed by atoms with Gasteiger partial charge in [0.05, 0.1) is 11.3 Å². The number of amides is 1. The molecule has 29 heavy (non-hydrogen) atoms. The molecule has 2 aromatic heterocycles. The van der Waals surface area contributed by atoms with E-state index in [-0.39, 0.29) is 18.9 Å². The molecule has 0 radical (unpaired) electrons. The molecule has 154 valence electrons. The molecule has 0 spiro atoms. The molecule has 1 aromatic carbocycles. The number of aromatic nitrogens is 3. The van der Waals surface area contributed by atoms with Crippen molar-refractivity contribution in [3.63, 3.8) is 0 Å². The topological polar surface area (TPSA) is 59.8 Å². The summed E-state index contributed by atoms with van der Waals surface area (Å²) < 4.78 is 40.1. The lowest BCUT2D eigenvalue weighted by molar-refractivity contribution is -0.137. The fraction of sp³-hybridized carbons (Fsp3) is 0.381. The molecule has 3 rings (SSSR count). The fourth-order valence-electron chi connectivity index (χ4n) is 3.62. The maximum Gasteiger partial charge on any atom is 0.416 e. The van der Waals surface area contributed by atoms with Gasteiger partial charge in [0, 0.05) is 31.1 Å². The van der Waals surface area contributed by atoms with Crippen molar-refractivity contribution in [1.29, 1.82) is 0 Å². The number of nitrogens with zero attached hydrogens (tertiary/aromatic N) is 3. The Morgan fingerprint density at radius 3 is 2.59 bits per heavy atom. The molecule has 0 aliphatic heterocycles. The minimum atomic E-state index is -4.40. The van der Waals surface area contributed by atoms with E-state index in [1.807, 2.05) is 27.8 Å². The second kappa shape index (κ2) is 7.85. The molecule has 5 nitrogen and oxygen atoms in total. The van der Waals surface area contributed by atoms with Crippen LogP contribution < -0.4 is 5.32 Å². The first kappa shape index (κ1) is 20.8. The third kappa shape index (κ3) is 4.41. The number of fused-ring (bicyclic) bond motifs is 1. The van der Waals surface area contributed by atoms with Crippen LogP contribution in [0.3, 0.4) is 0 Å². The van der Waals surface area contributed by atoms with Crippen LogP contribution in [0.2, 0.25) is 0 Å². The number of hydrogen-bond donors (Lipinski definition) is 1. The summed E-state index contributed by atoms with van der Waals surface area (Å²) >= 11 is 0. The standard InChI is InChI=1S/C21H23F3N4O/c1-12-17(13(2)26-20-19(12)14(3)27-28(20)4)8-9-18(29)25-11-15-6-5-7-16(10-15)21(22,23)24/h5-7,10H,8-9,11H2,1-4H3,(H,25,29). The summed E-state index contributed by atoms with van der Waals surface area (Å²) in [6.45, 7) is 5.89. The molecular weight excluding hydrogens is 381 g/mol. The van der Waals surface area contributed by atoms with Gasteiger partial charge < -0.3 is 5.32 Å². The lowest BCUT2D eigenvalue weighted by Crippen LogP contribution is -2.23. The van der Waals surface area contributed by atoms with Gasteiger partial charge in [-0.3, -0.25) is 9.48 Å². The third-order valence-electron chi connectivity index (χ3n) is 5.08. The Balaban J connectivity index is 1.66. The van der Waals surface area contributed by atoms with Crippen molar-refractivity contribution in [1.82, 2.24) is 20.1 Å². The number of pyridine rings is 1. The summed E-state index contributed by atoms with van der Waals surface area (Å²) in [4.78, 5) is 16.9. The number of hydrogen-bond acceptors (Lipinski definition) is 3. The first-order valence-electron chi connectivity index (χ1n) is 9.30. The van der Waals surface area contributed by atoms with E-state index in [4.69, 9.17) is 0 Å². The van der Waals surface area contributed by atoms with E-state index in [2.05, 4.69) is 15.4 Å². The molecule has 0 saturated heterocycles. The monoisotopic (exact) mass is 404 g/mol. The molecule has 0 atom stereocenters. The Hall–Kier alpha value is -2.90. The fourth-order valence-corrected chi connectivity index (χ4v) is 3.62. The minimum Gasteiger partial charge on any atom is -0.352 e. The summed E-state index contributed by atoms with van der Waals surface area (Å²) in [6.07, 6.45) is -3.67. The van der Waals surface area contributed by atoms with Gasteiger partial charge in [-0.2, -0.15) is 18.3 Å². The van der Waals surface area contributed by atoms with Crippen molar-refractivity contribution in [3.05, 3.63) is 57.9 Å². The van der Waals surface area contributed by atoms with Crippen LogP contribution in [0.15, 0.2) is 24.3 Å². The van der Waals surface area contributed by atoms with Crippen LogP contribution in [-0.2, 0) is 31.0 Å². The highest BCUT2D eigenvalue weighted by Crippen LogP contribution is 2.29. The Bertz CT molecular complexity index is 1070. The zero-order chi connectivity index (χ0) is 21.3. The van der Waals surface area contributed by atoms with Crippen molar-refractivity contribution in [2.75, 3.05) is 0 Å². The highest BCUT2D eigenvalue weighted by molar-refractivity contribution is 5.84. The highest BCUT2D eigenvalue weighted by Gasteiger charge is 2.30. The first-order valence-corrected chi connectivity index (χ1v) is 9.30. The van der Waals surface area contributed by atoms with Crippen molar-refractivity contribution >= 4 is 16.9 Å². The van der Waals surface area contributed by atoms with E-state index in [0.717, 1.165) is 45.7 Å². The number of halogens is 3. The van der Waals surface area contributed by atoms with Crippen LogP contribution in [0.25, 0.3) is 11.0 Å². The molecule has 2 heterocycles. The number of aryl methyl sites for hydroxylation is 4. The van der Waals surface area contributed by atoms with Crippen molar-refractivity contribution in [2.45, 2.75) is 46.3 Å². The average Bonchev–Trinajstić information content (AvgIpc) is 2.93. The molecule has 0 fully saturated rings. The van der Waals surface area contributed by atoms with Gasteiger partial charge in [0.25, 0.3) is 0 Å². The number of carbonyl (C=O) groups is 1. The van der Waals surface area contributed by atoms with Gasteiger partial charge >= 0.3 is 6.18 Å². The summed E-state index contributed by atoms with van der Waals surface area (Å²) in [6, 6.07) is 4.97. The van der Waals surface area contributed by atoms with Crippen molar-refractivity contribution in [2.24, 2.45) is 7.05 Å². The largest absolute Gasteiger partial charge is 0.416 e. The predicted molar refractivity (Wildman–Crippen MR) is 104 cm³/mol. The number of nitrogens with one attached hydrogen (secondary N) is 1. The van der Waals surface area contributed by atoms with Crippen LogP contribution in [0.5, 0.6) is 0 Å². The van der Waals surface area contributed by atoms with E-state index in [9.17, 15) is 18.0 Å². The van der Waals surface area contributed by atoms with Gasteiger partial charge in [-0.1, -0.05) is 12.1 Å². The van der Waals surface area contributed by atoms with Crippen LogP contribution in [-0.4, -0.2) is 20.7 Å². The number of carbonyl (C=O) groups excluding carboxylic acids is 1. The quantitative estimate of drug-likeness (QED) is 0.695. The number of benzene rings is 1. The zero-order valence-electron chi connectivity index (χ0n) is 16.8. The van der Waals surface area contributed by atoms with Gasteiger partial charge in [-0.25, -0.2) is 4.98 Å². The average molecular weight is 404 g/mol. The summed E-state index contributed by atoms with van der Waals surface area (Å²) in [5.41, 5.74) is 4.31. The molecule has 1 N–H and O–H groups in total. The number of rotatable bonds is 5. The molecule has 1 amide bonds.